The SMILES string of the molecule is CSCC[C@H](NC(=O)[C@H](CC(C)C)NC=O)C(=O)O. The molecule has 0 unspecified atom stereocenters. The van der Waals surface area contributed by atoms with Crippen LogP contribution in [0.5, 0.6) is 0 Å². The predicted molar refractivity (Wildman–Crippen MR) is 75.0 cm³/mol. The molecule has 0 heterocycles. The summed E-state index contributed by atoms with van der Waals surface area (Å²) in [4.78, 5) is 33.5. The van der Waals surface area contributed by atoms with Gasteiger partial charge in [-0.1, -0.05) is 13.8 Å². The van der Waals surface area contributed by atoms with Crippen LogP contribution < -0.4 is 10.6 Å². The van der Waals surface area contributed by atoms with E-state index in [4.69, 9.17) is 5.11 Å². The first kappa shape index (κ1) is 17.8. The van der Waals surface area contributed by atoms with E-state index in [1.165, 1.54) is 11.8 Å². The van der Waals surface area contributed by atoms with Gasteiger partial charge >= 0.3 is 5.97 Å². The van der Waals surface area contributed by atoms with Crippen molar-refractivity contribution in [2.24, 2.45) is 5.92 Å². The van der Waals surface area contributed by atoms with E-state index in [9.17, 15) is 14.4 Å². The first-order valence-corrected chi connectivity index (χ1v) is 7.53. The maximum Gasteiger partial charge on any atom is 0.326 e. The number of carbonyl (C=O) groups is 3. The zero-order chi connectivity index (χ0) is 14.8. The fourth-order valence-electron chi connectivity index (χ4n) is 1.57. The third-order valence-electron chi connectivity index (χ3n) is 2.52. The van der Waals surface area contributed by atoms with Crippen LogP contribution in [-0.2, 0) is 14.4 Å². The second kappa shape index (κ2) is 9.66. The molecule has 0 aliphatic rings. The Kier molecular flexibility index (Phi) is 9.03. The molecule has 6 nitrogen and oxygen atoms in total. The molecule has 0 bridgehead atoms. The number of amides is 2. The third kappa shape index (κ3) is 7.71. The first-order chi connectivity index (χ1) is 8.92. The van der Waals surface area contributed by atoms with Crippen molar-refractivity contribution in [1.82, 2.24) is 10.6 Å². The van der Waals surface area contributed by atoms with Crippen molar-refractivity contribution in [1.29, 1.82) is 0 Å². The van der Waals surface area contributed by atoms with Gasteiger partial charge in [-0.3, -0.25) is 9.59 Å². The van der Waals surface area contributed by atoms with E-state index in [0.717, 1.165) is 0 Å². The van der Waals surface area contributed by atoms with Gasteiger partial charge in [0.25, 0.3) is 0 Å². The van der Waals surface area contributed by atoms with Crippen LogP contribution in [0.1, 0.15) is 26.7 Å². The summed E-state index contributed by atoms with van der Waals surface area (Å²) in [5.41, 5.74) is 0. The van der Waals surface area contributed by atoms with E-state index in [1.54, 1.807) is 0 Å². The molecule has 0 aromatic carbocycles. The molecule has 0 aliphatic heterocycles. The van der Waals surface area contributed by atoms with Gasteiger partial charge in [0.1, 0.15) is 12.1 Å². The smallest absolute Gasteiger partial charge is 0.326 e. The van der Waals surface area contributed by atoms with Crippen molar-refractivity contribution < 1.29 is 19.5 Å². The molecule has 0 rings (SSSR count). The number of rotatable bonds is 10. The van der Waals surface area contributed by atoms with Crippen LogP contribution in [0.2, 0.25) is 0 Å². The van der Waals surface area contributed by atoms with Gasteiger partial charge < -0.3 is 15.7 Å². The standard InChI is InChI=1S/C12H22N2O4S/c1-8(2)6-10(13-7-15)11(16)14-9(12(17)18)4-5-19-3/h7-10H,4-6H2,1-3H3,(H,13,15)(H,14,16)(H,17,18)/t9-,10-/m0/s1. The molecule has 0 radical (unpaired) electrons. The van der Waals surface area contributed by atoms with Crippen molar-refractivity contribution in [2.45, 2.75) is 38.8 Å². The van der Waals surface area contributed by atoms with Crippen molar-refractivity contribution in [3.8, 4) is 0 Å². The number of carbonyl (C=O) groups excluding carboxylic acids is 2. The highest BCUT2D eigenvalue weighted by atomic mass is 32.2. The van der Waals surface area contributed by atoms with E-state index in [-0.39, 0.29) is 5.92 Å². The summed E-state index contributed by atoms with van der Waals surface area (Å²) >= 11 is 1.52. The Morgan fingerprint density at radius 1 is 1.32 bits per heavy atom. The molecule has 2 atom stereocenters. The quantitative estimate of drug-likeness (QED) is 0.508. The molecule has 0 aliphatic carbocycles. The molecule has 110 valence electrons. The van der Waals surface area contributed by atoms with Crippen LogP contribution in [0.15, 0.2) is 0 Å². The number of aliphatic carboxylic acids is 1. The lowest BCUT2D eigenvalue weighted by Gasteiger charge is -2.21. The molecule has 3 N–H and O–H groups in total. The van der Waals surface area contributed by atoms with Gasteiger partial charge in [-0.25, -0.2) is 4.79 Å². The predicted octanol–water partition coefficient (Wildman–Crippen LogP) is 0.470. The first-order valence-electron chi connectivity index (χ1n) is 6.14. The summed E-state index contributed by atoms with van der Waals surface area (Å²) in [6.07, 6.45) is 3.16. The van der Waals surface area contributed by atoms with E-state index in [2.05, 4.69) is 10.6 Å². The van der Waals surface area contributed by atoms with Crippen molar-refractivity contribution in [2.75, 3.05) is 12.0 Å². The fraction of sp³-hybridized carbons (Fsp3) is 0.750. The molecule has 0 aromatic heterocycles. The number of hydrogen-bond acceptors (Lipinski definition) is 4. The monoisotopic (exact) mass is 290 g/mol. The summed E-state index contributed by atoms with van der Waals surface area (Å²) in [5.74, 6) is -0.642. The van der Waals surface area contributed by atoms with Crippen LogP contribution in [-0.4, -0.2) is 47.5 Å². The summed E-state index contributed by atoms with van der Waals surface area (Å²) in [6, 6.07) is -1.60. The van der Waals surface area contributed by atoms with Crippen molar-refractivity contribution in [3.63, 3.8) is 0 Å². The van der Waals surface area contributed by atoms with Crippen LogP contribution in [0.3, 0.4) is 0 Å². The van der Waals surface area contributed by atoms with Gasteiger partial charge in [0, 0.05) is 0 Å². The number of carboxylic acids is 1. The largest absolute Gasteiger partial charge is 0.480 e. The lowest BCUT2D eigenvalue weighted by molar-refractivity contribution is -0.142. The Morgan fingerprint density at radius 3 is 2.37 bits per heavy atom. The fourth-order valence-corrected chi connectivity index (χ4v) is 2.04. The minimum atomic E-state index is -1.06. The molecule has 0 aromatic rings. The van der Waals surface area contributed by atoms with Crippen LogP contribution >= 0.6 is 11.8 Å². The molecule has 0 saturated carbocycles. The maximum absolute atomic E-state index is 11.9. The molecule has 0 saturated heterocycles. The lowest BCUT2D eigenvalue weighted by Crippen LogP contribution is -2.50. The van der Waals surface area contributed by atoms with Crippen LogP contribution in [0, 0.1) is 5.92 Å². The Morgan fingerprint density at radius 2 is 1.95 bits per heavy atom. The average Bonchev–Trinajstić information content (AvgIpc) is 2.32. The summed E-state index contributed by atoms with van der Waals surface area (Å²) < 4.78 is 0. The molecule has 2 amide bonds. The van der Waals surface area contributed by atoms with E-state index in [0.29, 0.717) is 25.0 Å². The average molecular weight is 290 g/mol. The molecule has 19 heavy (non-hydrogen) atoms. The van der Waals surface area contributed by atoms with Gasteiger partial charge in [-0.2, -0.15) is 11.8 Å². The highest BCUT2D eigenvalue weighted by Gasteiger charge is 2.25. The van der Waals surface area contributed by atoms with E-state index in [1.807, 2.05) is 20.1 Å². The van der Waals surface area contributed by atoms with E-state index >= 15 is 0 Å². The second-order valence-electron chi connectivity index (χ2n) is 4.65. The van der Waals surface area contributed by atoms with Gasteiger partial charge in [-0.15, -0.1) is 0 Å². The van der Waals surface area contributed by atoms with E-state index < -0.39 is 24.0 Å². The van der Waals surface area contributed by atoms with Crippen molar-refractivity contribution in [3.05, 3.63) is 0 Å². The topological polar surface area (TPSA) is 95.5 Å². The Labute approximate surface area is 117 Å². The molecule has 0 spiro atoms. The molecular weight excluding hydrogens is 268 g/mol. The number of carboxylic acid groups (broad SMARTS) is 1. The second-order valence-corrected chi connectivity index (χ2v) is 5.63. The van der Waals surface area contributed by atoms with Gasteiger partial charge in [0.15, 0.2) is 0 Å². The van der Waals surface area contributed by atoms with Crippen molar-refractivity contribution >= 4 is 30.0 Å². The minimum absolute atomic E-state index is 0.220. The van der Waals surface area contributed by atoms with Gasteiger partial charge in [-0.05, 0) is 30.8 Å². The highest BCUT2D eigenvalue weighted by Crippen LogP contribution is 2.06. The van der Waals surface area contributed by atoms with Crippen LogP contribution in [0.25, 0.3) is 0 Å². The van der Waals surface area contributed by atoms with Crippen LogP contribution in [0.4, 0.5) is 0 Å². The minimum Gasteiger partial charge on any atom is -0.480 e. The normalized spacial score (nSPS) is 13.7. The molecule has 0 fully saturated rings. The lowest BCUT2D eigenvalue weighted by atomic mass is 10.0. The van der Waals surface area contributed by atoms with Gasteiger partial charge in [0.2, 0.25) is 12.3 Å². The zero-order valence-corrected chi connectivity index (χ0v) is 12.3. The Bertz CT molecular complexity index is 310. The highest BCUT2D eigenvalue weighted by molar-refractivity contribution is 7.98. The molecular formula is C12H22N2O4S. The molecule has 7 heteroatoms. The number of thioether (sulfide) groups is 1. The van der Waals surface area contributed by atoms with Gasteiger partial charge in [0.05, 0.1) is 0 Å². The third-order valence-corrected chi connectivity index (χ3v) is 3.16. The number of nitrogens with one attached hydrogen (secondary N) is 2. The number of hydrogen-bond donors (Lipinski definition) is 3. The Balaban J connectivity index is 4.55. The Hall–Kier alpha value is -1.24. The maximum atomic E-state index is 11.9. The summed E-state index contributed by atoms with van der Waals surface area (Å²) in [5, 5.41) is 13.9. The summed E-state index contributed by atoms with van der Waals surface area (Å²) in [7, 11) is 0. The summed E-state index contributed by atoms with van der Waals surface area (Å²) in [6.45, 7) is 3.85. The zero-order valence-electron chi connectivity index (χ0n) is 11.5.